The van der Waals surface area contributed by atoms with E-state index in [1.807, 2.05) is 4.90 Å². The summed E-state index contributed by atoms with van der Waals surface area (Å²) in [6.45, 7) is 1.86. The van der Waals surface area contributed by atoms with E-state index in [1.54, 1.807) is 38.0 Å². The van der Waals surface area contributed by atoms with Gasteiger partial charge in [0.25, 0.3) is 0 Å². The Morgan fingerprint density at radius 3 is 2.49 bits per heavy atom. The molecule has 0 radical (unpaired) electrons. The number of aromatic carboxylic acids is 1. The predicted octanol–water partition coefficient (Wildman–Crippen LogP) is 1.50. The second kappa shape index (κ2) is 11.0. The fourth-order valence-corrected chi connectivity index (χ4v) is 5.51. The van der Waals surface area contributed by atoms with Crippen LogP contribution < -0.4 is 15.8 Å². The molecule has 0 bridgehead atoms. The van der Waals surface area contributed by atoms with Gasteiger partial charge in [0, 0.05) is 87.8 Å². The summed E-state index contributed by atoms with van der Waals surface area (Å²) in [6, 6.07) is 4.17. The zero-order chi connectivity index (χ0) is 30.4. The number of hydrogen-bond donors (Lipinski definition) is 2. The van der Waals surface area contributed by atoms with Crippen molar-refractivity contribution in [1.29, 1.82) is 0 Å². The van der Waals surface area contributed by atoms with E-state index in [4.69, 9.17) is 0 Å². The first kappa shape index (κ1) is 28.1. The van der Waals surface area contributed by atoms with Gasteiger partial charge in [-0.25, -0.2) is 13.9 Å². The number of carbonyl (C=O) groups excluding carboxylic acids is 1. The number of carboxylic acid groups (broad SMARTS) is 1. The first-order chi connectivity index (χ1) is 20.6. The van der Waals surface area contributed by atoms with Gasteiger partial charge in [-0.15, -0.1) is 5.10 Å². The summed E-state index contributed by atoms with van der Waals surface area (Å²) in [5.41, 5.74) is 0.540. The van der Waals surface area contributed by atoms with Gasteiger partial charge in [0.1, 0.15) is 11.4 Å². The van der Waals surface area contributed by atoms with Crippen LogP contribution in [0.15, 0.2) is 46.4 Å². The fourth-order valence-electron chi connectivity index (χ4n) is 5.51. The van der Waals surface area contributed by atoms with Crippen molar-refractivity contribution in [2.24, 2.45) is 7.05 Å². The number of benzene rings is 1. The average Bonchev–Trinajstić information content (AvgIpc) is 3.73. The van der Waals surface area contributed by atoms with Gasteiger partial charge in [-0.2, -0.15) is 0 Å². The van der Waals surface area contributed by atoms with E-state index in [9.17, 15) is 29.4 Å². The highest BCUT2D eigenvalue weighted by molar-refractivity contribution is 5.93. The Morgan fingerprint density at radius 2 is 1.79 bits per heavy atom. The average molecular weight is 592 g/mol. The maximum Gasteiger partial charge on any atom is 0.341 e. The Bertz CT molecular complexity index is 1870. The highest BCUT2D eigenvalue weighted by Crippen LogP contribution is 2.38. The summed E-state index contributed by atoms with van der Waals surface area (Å²) in [7, 11) is 1.71. The van der Waals surface area contributed by atoms with Crippen LogP contribution in [0.5, 0.6) is 5.75 Å². The van der Waals surface area contributed by atoms with Crippen molar-refractivity contribution < 1.29 is 24.2 Å². The van der Waals surface area contributed by atoms with E-state index in [1.165, 1.54) is 18.5 Å². The number of carboxylic acids is 1. The molecule has 3 aromatic heterocycles. The molecule has 0 unspecified atom stereocenters. The molecule has 1 saturated carbocycles. The molecule has 1 aliphatic heterocycles. The van der Waals surface area contributed by atoms with Crippen LogP contribution in [0.2, 0.25) is 0 Å². The number of halogens is 1. The molecule has 1 saturated heterocycles. The Balaban J connectivity index is 1.09. The first-order valence-electron chi connectivity index (χ1n) is 14.0. The van der Waals surface area contributed by atoms with E-state index in [0.717, 1.165) is 18.9 Å². The third kappa shape index (κ3) is 5.59. The molecular weight excluding hydrogens is 561 g/mol. The maximum absolute atomic E-state index is 15.3. The maximum atomic E-state index is 15.3. The molecular formula is C29H30FN7O6. The van der Waals surface area contributed by atoms with Crippen molar-refractivity contribution in [3.63, 3.8) is 0 Å². The number of pyridine rings is 2. The fraction of sp³-hybridized carbons (Fsp3) is 0.379. The number of aromatic nitrogens is 5. The van der Waals surface area contributed by atoms with Crippen LogP contribution in [0.3, 0.4) is 0 Å². The Morgan fingerprint density at radius 1 is 1.05 bits per heavy atom. The van der Waals surface area contributed by atoms with Gasteiger partial charge in [0.2, 0.25) is 16.8 Å². The molecule has 224 valence electrons. The number of amides is 1. The molecule has 2 N–H and O–H groups in total. The van der Waals surface area contributed by atoms with Gasteiger partial charge < -0.3 is 29.1 Å². The van der Waals surface area contributed by atoms with Crippen LogP contribution in [0.25, 0.3) is 10.9 Å². The van der Waals surface area contributed by atoms with Gasteiger partial charge in [0.05, 0.1) is 23.4 Å². The number of aromatic hydroxyl groups is 1. The van der Waals surface area contributed by atoms with Gasteiger partial charge in [0.15, 0.2) is 5.75 Å². The summed E-state index contributed by atoms with van der Waals surface area (Å²) in [5.74, 6) is -2.33. The monoisotopic (exact) mass is 591 g/mol. The first-order valence-corrected chi connectivity index (χ1v) is 14.0. The van der Waals surface area contributed by atoms with E-state index >= 15 is 4.39 Å². The normalized spacial score (nSPS) is 15.3. The van der Waals surface area contributed by atoms with Crippen LogP contribution in [0, 0.1) is 5.82 Å². The molecule has 2 aliphatic rings. The van der Waals surface area contributed by atoms with E-state index in [-0.39, 0.29) is 41.6 Å². The summed E-state index contributed by atoms with van der Waals surface area (Å²) >= 11 is 0. The second-order valence-corrected chi connectivity index (χ2v) is 11.0. The zero-order valence-electron chi connectivity index (χ0n) is 23.4. The lowest BCUT2D eigenvalue weighted by Crippen LogP contribution is -2.49. The van der Waals surface area contributed by atoms with E-state index < -0.39 is 22.6 Å². The molecule has 1 aromatic carbocycles. The molecule has 2 fully saturated rings. The number of piperazine rings is 1. The lowest BCUT2D eigenvalue weighted by atomic mass is 10.1. The van der Waals surface area contributed by atoms with Crippen LogP contribution in [-0.2, 0) is 24.8 Å². The van der Waals surface area contributed by atoms with Crippen LogP contribution in [-0.4, -0.2) is 77.3 Å². The van der Waals surface area contributed by atoms with Crippen molar-refractivity contribution in [3.05, 3.63) is 80.0 Å². The Hall–Kier alpha value is -5.01. The number of hydrogen-bond acceptors (Lipinski definition) is 8. The van der Waals surface area contributed by atoms with Crippen LogP contribution >= 0.6 is 0 Å². The summed E-state index contributed by atoms with van der Waals surface area (Å²) in [5, 5.41) is 27.3. The molecule has 43 heavy (non-hydrogen) atoms. The third-order valence-corrected chi connectivity index (χ3v) is 8.07. The lowest BCUT2D eigenvalue weighted by molar-refractivity contribution is -0.131. The number of rotatable bonds is 8. The van der Waals surface area contributed by atoms with Crippen LogP contribution in [0.4, 0.5) is 10.1 Å². The lowest BCUT2D eigenvalue weighted by Gasteiger charge is -2.36. The molecule has 4 heterocycles. The molecule has 1 amide bonds. The molecule has 0 atom stereocenters. The van der Waals surface area contributed by atoms with Crippen molar-refractivity contribution in [3.8, 4) is 5.75 Å². The predicted molar refractivity (Wildman–Crippen MR) is 153 cm³/mol. The van der Waals surface area contributed by atoms with Gasteiger partial charge in [-0.3, -0.25) is 14.4 Å². The Kier molecular flexibility index (Phi) is 7.20. The number of fused-ring (bicyclic) bond motifs is 1. The minimum Gasteiger partial charge on any atom is -0.503 e. The van der Waals surface area contributed by atoms with Gasteiger partial charge in [-0.1, -0.05) is 5.21 Å². The zero-order valence-corrected chi connectivity index (χ0v) is 23.4. The minimum absolute atomic E-state index is 0.0471. The summed E-state index contributed by atoms with van der Waals surface area (Å²) in [4.78, 5) is 52.6. The van der Waals surface area contributed by atoms with Gasteiger partial charge in [-0.05, 0) is 25.0 Å². The number of carbonyl (C=O) groups is 2. The van der Waals surface area contributed by atoms with Crippen LogP contribution in [0.1, 0.15) is 47.1 Å². The highest BCUT2D eigenvalue weighted by Gasteiger charge is 2.29. The number of anilines is 1. The van der Waals surface area contributed by atoms with E-state index in [2.05, 4.69) is 10.3 Å². The number of aryl methyl sites for hydroxylation is 2. The molecule has 4 aromatic rings. The molecule has 13 nitrogen and oxygen atoms in total. The highest BCUT2D eigenvalue weighted by atomic mass is 19.1. The molecule has 0 spiro atoms. The summed E-state index contributed by atoms with van der Waals surface area (Å²) < 4.78 is 20.2. The largest absolute Gasteiger partial charge is 0.503 e. The van der Waals surface area contributed by atoms with Crippen molar-refractivity contribution in [2.45, 2.75) is 38.3 Å². The summed E-state index contributed by atoms with van der Waals surface area (Å²) in [6.07, 6.45) is 6.74. The second-order valence-electron chi connectivity index (χ2n) is 11.0. The topological polar surface area (TPSA) is 156 Å². The van der Waals surface area contributed by atoms with Crippen molar-refractivity contribution in [2.75, 3.05) is 31.1 Å². The molecule has 14 heteroatoms. The molecule has 1 aliphatic carbocycles. The van der Waals surface area contributed by atoms with Crippen molar-refractivity contribution >= 4 is 28.5 Å². The minimum atomic E-state index is -1.33. The quantitative estimate of drug-likeness (QED) is 0.310. The number of nitrogens with zero attached hydrogens (tertiary/aromatic N) is 7. The molecule has 6 rings (SSSR count). The standard InChI is InChI=1S/C29H30FN7O6/c1-33-16-26(39)25(38)10-19(33)14-36-13-17(31-32-36)2-5-27(40)35-8-6-34(7-9-35)24-12-23-20(11-22(24)30)28(41)21(29(42)43)15-37(23)18-3-4-18/h10-13,15-16,18,39H,2-9,14H2,1H3,(H,42,43). The smallest absolute Gasteiger partial charge is 0.341 e. The van der Waals surface area contributed by atoms with Gasteiger partial charge >= 0.3 is 5.97 Å². The third-order valence-electron chi connectivity index (χ3n) is 8.07. The Labute approximate surface area is 244 Å². The van der Waals surface area contributed by atoms with E-state index in [0.29, 0.717) is 55.2 Å². The van der Waals surface area contributed by atoms with Crippen molar-refractivity contribution in [1.82, 2.24) is 29.0 Å². The SMILES string of the molecule is Cn1cc(O)c(=O)cc1Cn1cc(CCC(=O)N2CCN(c3cc4c(cc3F)c(=O)c(C(=O)O)cn4C3CC3)CC2)nn1.